The van der Waals surface area contributed by atoms with E-state index in [1.807, 2.05) is 30.3 Å². The van der Waals surface area contributed by atoms with Crippen LogP contribution < -0.4 is 0 Å². The van der Waals surface area contributed by atoms with Gasteiger partial charge >= 0.3 is 11.9 Å². The zero-order valence-corrected chi connectivity index (χ0v) is 16.3. The smallest absolute Gasteiger partial charge is 0.344 e. The summed E-state index contributed by atoms with van der Waals surface area (Å²) < 4.78 is 10.9. The third-order valence-corrected chi connectivity index (χ3v) is 5.55. The first-order chi connectivity index (χ1) is 12.9. The van der Waals surface area contributed by atoms with Gasteiger partial charge in [0, 0.05) is 0 Å². The Kier molecular flexibility index (Phi) is 6.15. The topological polar surface area (TPSA) is 52.6 Å². The minimum Gasteiger partial charge on any atom is -0.460 e. The highest BCUT2D eigenvalue weighted by Crippen LogP contribution is 2.35. The van der Waals surface area contributed by atoms with E-state index < -0.39 is 11.9 Å². The van der Waals surface area contributed by atoms with Crippen LogP contribution in [-0.2, 0) is 14.3 Å². The molecule has 2 aromatic rings. The molecule has 0 aliphatic heterocycles. The monoisotopic (exact) mass is 368 g/mol. The van der Waals surface area contributed by atoms with E-state index in [1.54, 1.807) is 12.1 Å². The molecule has 0 heterocycles. The third kappa shape index (κ3) is 4.88. The van der Waals surface area contributed by atoms with Crippen LogP contribution in [0, 0.1) is 17.8 Å². The molecule has 0 N–H and O–H groups in total. The third-order valence-electron chi connectivity index (χ3n) is 5.55. The van der Waals surface area contributed by atoms with E-state index in [0.717, 1.165) is 23.6 Å². The lowest BCUT2D eigenvalue weighted by Crippen LogP contribution is -2.36. The van der Waals surface area contributed by atoms with Crippen molar-refractivity contribution < 1.29 is 19.1 Å². The Balaban J connectivity index is 1.56. The Hall–Kier alpha value is -2.36. The summed E-state index contributed by atoms with van der Waals surface area (Å²) in [5.41, 5.74) is 0.438. The van der Waals surface area contributed by atoms with Crippen LogP contribution in [0.3, 0.4) is 0 Å². The molecule has 0 amide bonds. The van der Waals surface area contributed by atoms with Crippen molar-refractivity contribution in [1.29, 1.82) is 0 Å². The van der Waals surface area contributed by atoms with Crippen molar-refractivity contribution in [2.45, 2.75) is 46.1 Å². The van der Waals surface area contributed by atoms with Crippen molar-refractivity contribution in [2.75, 3.05) is 6.61 Å². The Morgan fingerprint density at radius 3 is 2.56 bits per heavy atom. The first-order valence-corrected chi connectivity index (χ1v) is 9.79. The molecular formula is C23H28O4. The number of rotatable bonds is 5. The number of hydrogen-bond acceptors (Lipinski definition) is 4. The molecule has 27 heavy (non-hydrogen) atoms. The summed E-state index contributed by atoms with van der Waals surface area (Å²) in [7, 11) is 0. The Labute approximate surface area is 160 Å². The van der Waals surface area contributed by atoms with Crippen molar-refractivity contribution in [1.82, 2.24) is 0 Å². The van der Waals surface area contributed by atoms with Crippen LogP contribution in [-0.4, -0.2) is 24.6 Å². The number of carbonyl (C=O) groups is 2. The lowest BCUT2D eigenvalue weighted by molar-refractivity contribution is -0.159. The lowest BCUT2D eigenvalue weighted by Gasteiger charge is -2.36. The highest BCUT2D eigenvalue weighted by Gasteiger charge is 2.33. The highest BCUT2D eigenvalue weighted by molar-refractivity contribution is 5.96. The summed E-state index contributed by atoms with van der Waals surface area (Å²) in [5, 5.41) is 2.02. The van der Waals surface area contributed by atoms with Gasteiger partial charge in [0.15, 0.2) is 6.61 Å². The molecule has 4 heteroatoms. The molecule has 1 saturated carbocycles. The van der Waals surface area contributed by atoms with E-state index in [0.29, 0.717) is 23.3 Å². The molecule has 0 spiro atoms. The van der Waals surface area contributed by atoms with Crippen LogP contribution in [0.15, 0.2) is 42.5 Å². The number of fused-ring (bicyclic) bond motifs is 1. The van der Waals surface area contributed by atoms with Gasteiger partial charge in [0.1, 0.15) is 6.10 Å². The molecule has 2 aromatic carbocycles. The lowest BCUT2D eigenvalue weighted by atomic mass is 9.75. The summed E-state index contributed by atoms with van der Waals surface area (Å²) in [6, 6.07) is 13.2. The number of hydrogen-bond donors (Lipinski definition) is 0. The molecule has 0 aromatic heterocycles. The first-order valence-electron chi connectivity index (χ1n) is 9.79. The molecule has 3 atom stereocenters. The minimum absolute atomic E-state index is 0.0828. The standard InChI is InChI=1S/C23H28O4/c1-15(2)20-11-8-16(3)12-21(20)27-22(24)14-26-23(25)19-10-9-17-6-4-5-7-18(17)13-19/h4-7,9-10,13,15-16,20-21H,8,11-12,14H2,1-3H3. The first kappa shape index (κ1) is 19.4. The number of benzene rings is 2. The minimum atomic E-state index is -0.505. The van der Waals surface area contributed by atoms with Crippen molar-refractivity contribution in [2.24, 2.45) is 17.8 Å². The molecule has 1 fully saturated rings. The van der Waals surface area contributed by atoms with Crippen LogP contribution in [0.2, 0.25) is 0 Å². The second-order valence-corrected chi connectivity index (χ2v) is 7.99. The molecular weight excluding hydrogens is 340 g/mol. The molecule has 3 unspecified atom stereocenters. The summed E-state index contributed by atoms with van der Waals surface area (Å²) in [6.45, 7) is 6.18. The van der Waals surface area contributed by atoms with Gasteiger partial charge in [-0.3, -0.25) is 0 Å². The predicted octanol–water partition coefficient (Wildman–Crippen LogP) is 5.00. The predicted molar refractivity (Wildman–Crippen MR) is 105 cm³/mol. The van der Waals surface area contributed by atoms with Crippen molar-refractivity contribution in [3.05, 3.63) is 48.0 Å². The van der Waals surface area contributed by atoms with Gasteiger partial charge in [-0.25, -0.2) is 9.59 Å². The normalized spacial score (nSPS) is 22.6. The van der Waals surface area contributed by atoms with Crippen LogP contribution in [0.4, 0.5) is 0 Å². The fourth-order valence-corrected chi connectivity index (χ4v) is 3.98. The molecule has 3 rings (SSSR count). The van der Waals surface area contributed by atoms with E-state index in [2.05, 4.69) is 20.8 Å². The number of carbonyl (C=O) groups excluding carboxylic acids is 2. The number of esters is 2. The SMILES string of the molecule is CC1CCC(C(C)C)C(OC(=O)COC(=O)c2ccc3ccccc3c2)C1. The summed E-state index contributed by atoms with van der Waals surface area (Å²) in [6.07, 6.45) is 3.05. The quantitative estimate of drug-likeness (QED) is 0.697. The van der Waals surface area contributed by atoms with Crippen molar-refractivity contribution in [3.63, 3.8) is 0 Å². The summed E-state index contributed by atoms with van der Waals surface area (Å²) in [5.74, 6) is 0.429. The Morgan fingerprint density at radius 2 is 1.81 bits per heavy atom. The molecule has 0 radical (unpaired) electrons. The van der Waals surface area contributed by atoms with Crippen LogP contribution in [0.1, 0.15) is 50.4 Å². The Bertz CT molecular complexity index is 811. The molecule has 0 bridgehead atoms. The molecule has 1 aliphatic carbocycles. The van der Waals surface area contributed by atoms with Crippen molar-refractivity contribution >= 4 is 22.7 Å². The van der Waals surface area contributed by atoms with Crippen molar-refractivity contribution in [3.8, 4) is 0 Å². The van der Waals surface area contributed by atoms with Gasteiger partial charge in [-0.1, -0.05) is 57.5 Å². The second-order valence-electron chi connectivity index (χ2n) is 7.99. The fraction of sp³-hybridized carbons (Fsp3) is 0.478. The summed E-state index contributed by atoms with van der Waals surface area (Å²) in [4.78, 5) is 24.5. The zero-order valence-electron chi connectivity index (χ0n) is 16.3. The van der Waals surface area contributed by atoms with E-state index in [-0.39, 0.29) is 12.7 Å². The van der Waals surface area contributed by atoms with E-state index >= 15 is 0 Å². The zero-order chi connectivity index (χ0) is 19.4. The van der Waals surface area contributed by atoms with E-state index in [9.17, 15) is 9.59 Å². The van der Waals surface area contributed by atoms with E-state index in [4.69, 9.17) is 9.47 Å². The van der Waals surface area contributed by atoms with Gasteiger partial charge in [0.05, 0.1) is 5.56 Å². The average Bonchev–Trinajstić information content (AvgIpc) is 2.65. The molecule has 1 aliphatic rings. The van der Waals surface area contributed by atoms with Gasteiger partial charge in [-0.2, -0.15) is 0 Å². The van der Waals surface area contributed by atoms with Gasteiger partial charge in [0.2, 0.25) is 0 Å². The van der Waals surface area contributed by atoms with Gasteiger partial charge in [0.25, 0.3) is 0 Å². The maximum absolute atomic E-state index is 12.3. The van der Waals surface area contributed by atoms with E-state index in [1.165, 1.54) is 6.42 Å². The molecule has 4 nitrogen and oxygen atoms in total. The van der Waals surface area contributed by atoms with Gasteiger partial charge in [-0.05, 0) is 53.5 Å². The fourth-order valence-electron chi connectivity index (χ4n) is 3.98. The van der Waals surface area contributed by atoms with Gasteiger partial charge in [-0.15, -0.1) is 0 Å². The van der Waals surface area contributed by atoms with Crippen LogP contribution in [0.25, 0.3) is 10.8 Å². The largest absolute Gasteiger partial charge is 0.460 e. The van der Waals surface area contributed by atoms with Gasteiger partial charge < -0.3 is 9.47 Å². The number of ether oxygens (including phenoxy) is 2. The van der Waals surface area contributed by atoms with Crippen LogP contribution >= 0.6 is 0 Å². The maximum atomic E-state index is 12.3. The average molecular weight is 368 g/mol. The highest BCUT2D eigenvalue weighted by atomic mass is 16.6. The Morgan fingerprint density at radius 1 is 1.07 bits per heavy atom. The maximum Gasteiger partial charge on any atom is 0.344 e. The summed E-state index contributed by atoms with van der Waals surface area (Å²) >= 11 is 0. The molecule has 144 valence electrons. The molecule has 0 saturated heterocycles. The van der Waals surface area contributed by atoms with Crippen LogP contribution in [0.5, 0.6) is 0 Å². The second kappa shape index (κ2) is 8.55.